The zero-order valence-corrected chi connectivity index (χ0v) is 20.2. The van der Waals surface area contributed by atoms with Crippen molar-refractivity contribution < 1.29 is 24.2 Å². The van der Waals surface area contributed by atoms with Gasteiger partial charge in [0.05, 0.1) is 0 Å². The van der Waals surface area contributed by atoms with E-state index in [1.807, 2.05) is 31.2 Å². The molecule has 3 unspecified atom stereocenters. The molecule has 7 nitrogen and oxygen atoms in total. The van der Waals surface area contributed by atoms with E-state index in [1.54, 1.807) is 0 Å². The molecule has 0 aromatic heterocycles. The number of benzene rings is 2. The van der Waals surface area contributed by atoms with E-state index in [9.17, 15) is 14.4 Å². The van der Waals surface area contributed by atoms with Crippen LogP contribution < -0.4 is 10.6 Å². The van der Waals surface area contributed by atoms with Gasteiger partial charge in [-0.25, -0.2) is 4.79 Å². The molecule has 0 heterocycles. The highest BCUT2D eigenvalue weighted by Crippen LogP contribution is 2.44. The van der Waals surface area contributed by atoms with E-state index in [2.05, 4.69) is 34.9 Å². The van der Waals surface area contributed by atoms with E-state index in [4.69, 9.17) is 9.84 Å². The average molecular weight is 479 g/mol. The van der Waals surface area contributed by atoms with Gasteiger partial charge in [-0.1, -0.05) is 61.9 Å². The van der Waals surface area contributed by atoms with Crippen LogP contribution in [0.2, 0.25) is 0 Å². The van der Waals surface area contributed by atoms with Gasteiger partial charge >= 0.3 is 12.1 Å². The summed E-state index contributed by atoms with van der Waals surface area (Å²) in [7, 11) is 0. The van der Waals surface area contributed by atoms with E-state index >= 15 is 0 Å². The summed E-state index contributed by atoms with van der Waals surface area (Å²) in [6, 6.07) is 16.5. The van der Waals surface area contributed by atoms with Crippen LogP contribution in [0.25, 0.3) is 11.1 Å². The molecule has 3 N–H and O–H groups in total. The number of carboxylic acid groups (broad SMARTS) is 1. The highest BCUT2D eigenvalue weighted by atomic mass is 16.5. The predicted octanol–water partition coefficient (Wildman–Crippen LogP) is 4.56. The first-order valence-electron chi connectivity index (χ1n) is 12.5. The minimum Gasteiger partial charge on any atom is -0.481 e. The zero-order chi connectivity index (χ0) is 24.8. The molecule has 2 aliphatic carbocycles. The van der Waals surface area contributed by atoms with E-state index in [1.165, 1.54) is 22.3 Å². The average Bonchev–Trinajstić information content (AvgIpc) is 3.46. The smallest absolute Gasteiger partial charge is 0.407 e. The number of carbonyl (C=O) groups excluding carboxylic acids is 2. The summed E-state index contributed by atoms with van der Waals surface area (Å²) in [5.41, 5.74) is 4.72. The Balaban J connectivity index is 1.24. The van der Waals surface area contributed by atoms with Crippen LogP contribution in [-0.2, 0) is 14.3 Å². The van der Waals surface area contributed by atoms with Crippen LogP contribution in [0.1, 0.15) is 56.1 Å². The number of rotatable bonds is 10. The minimum atomic E-state index is -0.821. The Bertz CT molecular complexity index is 1020. The summed E-state index contributed by atoms with van der Waals surface area (Å²) in [5, 5.41) is 14.6. The highest BCUT2D eigenvalue weighted by Gasteiger charge is 2.33. The number of ether oxygens (including phenoxy) is 1. The standard InChI is InChI=1S/C28H34N2O5/c1-18(13-14-26(31)32)15-29-27(33)20-12-6-7-19(20)16-30-28(34)35-17-25-23-10-4-2-8-21(23)22-9-3-5-11-24(22)25/h2-5,8-11,18-20,25H,6-7,12-17H2,1H3,(H,29,33)(H,30,34)(H,31,32). The van der Waals surface area contributed by atoms with Crippen LogP contribution in [0.4, 0.5) is 4.79 Å². The Morgan fingerprint density at radius 1 is 1.00 bits per heavy atom. The molecule has 2 amide bonds. The summed E-state index contributed by atoms with van der Waals surface area (Å²) in [6.07, 6.45) is 2.81. The number of hydrogen-bond acceptors (Lipinski definition) is 4. The lowest BCUT2D eigenvalue weighted by molar-refractivity contribution is -0.137. The predicted molar refractivity (Wildman–Crippen MR) is 133 cm³/mol. The molecule has 0 bridgehead atoms. The molecule has 1 fully saturated rings. The highest BCUT2D eigenvalue weighted by molar-refractivity contribution is 5.80. The number of hydrogen-bond donors (Lipinski definition) is 3. The maximum atomic E-state index is 12.7. The fourth-order valence-electron chi connectivity index (χ4n) is 5.37. The lowest BCUT2D eigenvalue weighted by atomic mass is 9.94. The second-order valence-electron chi connectivity index (χ2n) is 9.79. The fraction of sp³-hybridized carbons (Fsp3) is 0.464. The first-order chi connectivity index (χ1) is 16.9. The van der Waals surface area contributed by atoms with Crippen molar-refractivity contribution in [3.8, 4) is 11.1 Å². The maximum Gasteiger partial charge on any atom is 0.407 e. The van der Waals surface area contributed by atoms with Crippen LogP contribution in [0.3, 0.4) is 0 Å². The maximum absolute atomic E-state index is 12.7. The van der Waals surface area contributed by atoms with E-state index in [0.717, 1.165) is 19.3 Å². The number of carboxylic acids is 1. The number of alkyl carbamates (subject to hydrolysis) is 1. The van der Waals surface area contributed by atoms with Gasteiger partial charge in [0.1, 0.15) is 6.61 Å². The van der Waals surface area contributed by atoms with Gasteiger partial charge in [0, 0.05) is 31.3 Å². The summed E-state index contributed by atoms with van der Waals surface area (Å²) in [6.45, 7) is 3.08. The lowest BCUT2D eigenvalue weighted by Crippen LogP contribution is -2.39. The molecule has 1 saturated carbocycles. The first kappa shape index (κ1) is 24.8. The molecular formula is C28H34N2O5. The Labute approximate surface area is 206 Å². The molecule has 0 spiro atoms. The quantitative estimate of drug-likeness (QED) is 0.464. The molecule has 2 aliphatic rings. The molecule has 186 valence electrons. The molecule has 4 rings (SSSR count). The van der Waals surface area contributed by atoms with Gasteiger partial charge in [-0.05, 0) is 53.4 Å². The van der Waals surface area contributed by atoms with Crippen molar-refractivity contribution in [3.05, 3.63) is 59.7 Å². The normalized spacial score (nSPS) is 19.5. The van der Waals surface area contributed by atoms with Crippen LogP contribution in [0.15, 0.2) is 48.5 Å². The largest absolute Gasteiger partial charge is 0.481 e. The summed E-state index contributed by atoms with van der Waals surface area (Å²) in [5.74, 6) is -0.780. The van der Waals surface area contributed by atoms with Gasteiger partial charge in [-0.15, -0.1) is 0 Å². The summed E-state index contributed by atoms with van der Waals surface area (Å²) in [4.78, 5) is 35.9. The lowest BCUT2D eigenvalue weighted by Gasteiger charge is -2.21. The van der Waals surface area contributed by atoms with Crippen molar-refractivity contribution >= 4 is 18.0 Å². The number of fused-ring (bicyclic) bond motifs is 3. The molecule has 2 aromatic carbocycles. The van der Waals surface area contributed by atoms with Gasteiger partial charge in [-0.3, -0.25) is 9.59 Å². The van der Waals surface area contributed by atoms with Crippen LogP contribution in [-0.4, -0.2) is 42.8 Å². The van der Waals surface area contributed by atoms with Gasteiger partial charge in [0.15, 0.2) is 0 Å². The van der Waals surface area contributed by atoms with Gasteiger partial charge < -0.3 is 20.5 Å². The molecule has 3 atom stereocenters. The Hall–Kier alpha value is -3.35. The molecule has 7 heteroatoms. The third-order valence-electron chi connectivity index (χ3n) is 7.32. The second kappa shape index (κ2) is 11.4. The fourth-order valence-corrected chi connectivity index (χ4v) is 5.37. The minimum absolute atomic E-state index is 0.0102. The Kier molecular flexibility index (Phi) is 8.06. The number of carbonyl (C=O) groups is 3. The van der Waals surface area contributed by atoms with E-state index in [-0.39, 0.29) is 42.6 Å². The van der Waals surface area contributed by atoms with Crippen molar-refractivity contribution in [3.63, 3.8) is 0 Å². The zero-order valence-electron chi connectivity index (χ0n) is 20.2. The molecule has 35 heavy (non-hydrogen) atoms. The summed E-state index contributed by atoms with van der Waals surface area (Å²) < 4.78 is 5.62. The monoisotopic (exact) mass is 478 g/mol. The van der Waals surface area contributed by atoms with Crippen molar-refractivity contribution in [1.29, 1.82) is 0 Å². The SMILES string of the molecule is CC(CCC(=O)O)CNC(=O)C1CCCC1CNC(=O)OCC1c2ccccc2-c2ccccc21. The molecular weight excluding hydrogens is 444 g/mol. The Morgan fingerprint density at radius 2 is 1.66 bits per heavy atom. The van der Waals surface area contributed by atoms with E-state index in [0.29, 0.717) is 19.5 Å². The molecule has 2 aromatic rings. The van der Waals surface area contributed by atoms with E-state index < -0.39 is 12.1 Å². The van der Waals surface area contributed by atoms with Crippen molar-refractivity contribution in [2.24, 2.45) is 17.8 Å². The molecule has 0 aliphatic heterocycles. The third kappa shape index (κ3) is 6.02. The van der Waals surface area contributed by atoms with Gasteiger partial charge in [0.25, 0.3) is 0 Å². The van der Waals surface area contributed by atoms with Crippen molar-refractivity contribution in [1.82, 2.24) is 10.6 Å². The topological polar surface area (TPSA) is 105 Å². The van der Waals surface area contributed by atoms with Crippen LogP contribution in [0.5, 0.6) is 0 Å². The second-order valence-corrected chi connectivity index (χ2v) is 9.79. The van der Waals surface area contributed by atoms with Crippen molar-refractivity contribution in [2.45, 2.75) is 44.9 Å². The Morgan fingerprint density at radius 3 is 2.31 bits per heavy atom. The molecule has 0 saturated heterocycles. The first-order valence-corrected chi connectivity index (χ1v) is 12.5. The number of amides is 2. The van der Waals surface area contributed by atoms with Crippen LogP contribution >= 0.6 is 0 Å². The molecule has 0 radical (unpaired) electrons. The number of aliphatic carboxylic acids is 1. The van der Waals surface area contributed by atoms with Gasteiger partial charge in [0.2, 0.25) is 5.91 Å². The summed E-state index contributed by atoms with van der Waals surface area (Å²) >= 11 is 0. The number of nitrogens with one attached hydrogen (secondary N) is 2. The third-order valence-corrected chi connectivity index (χ3v) is 7.32. The van der Waals surface area contributed by atoms with Crippen molar-refractivity contribution in [2.75, 3.05) is 19.7 Å². The van der Waals surface area contributed by atoms with Crippen LogP contribution in [0, 0.1) is 17.8 Å². The van der Waals surface area contributed by atoms with Gasteiger partial charge in [-0.2, -0.15) is 0 Å².